The Kier molecular flexibility index (Phi) is 6.35. The Morgan fingerprint density at radius 1 is 1.06 bits per heavy atom. The van der Waals surface area contributed by atoms with E-state index < -0.39 is 17.7 Å². The highest BCUT2D eigenvalue weighted by molar-refractivity contribution is 5.68. The first-order valence-corrected chi connectivity index (χ1v) is 11.8. The van der Waals surface area contributed by atoms with Gasteiger partial charge in [-0.25, -0.2) is 14.3 Å². The van der Waals surface area contributed by atoms with Crippen LogP contribution < -0.4 is 0 Å². The third-order valence-corrected chi connectivity index (χ3v) is 6.70. The lowest BCUT2D eigenvalue weighted by Crippen LogP contribution is -2.42. The summed E-state index contributed by atoms with van der Waals surface area (Å²) in [5, 5.41) is 4.81. The van der Waals surface area contributed by atoms with Crippen LogP contribution in [0.4, 0.5) is 18.0 Å². The number of nitrogens with zero attached hydrogens (tertiary/aromatic N) is 4. The average Bonchev–Trinajstić information content (AvgIpc) is 3.15. The molecule has 1 atom stereocenters. The van der Waals surface area contributed by atoms with Crippen molar-refractivity contribution in [1.29, 1.82) is 0 Å². The van der Waals surface area contributed by atoms with Gasteiger partial charge in [0.05, 0.1) is 17.3 Å². The minimum atomic E-state index is -4.11. The van der Waals surface area contributed by atoms with Gasteiger partial charge in [-0.05, 0) is 72.3 Å². The number of aryl methyl sites for hydroxylation is 1. The van der Waals surface area contributed by atoms with Crippen molar-refractivity contribution in [2.24, 2.45) is 5.92 Å². The molecule has 2 aromatic rings. The summed E-state index contributed by atoms with van der Waals surface area (Å²) in [5.74, 6) is -1.10. The zero-order valence-electron chi connectivity index (χ0n) is 19.8. The molecule has 0 bridgehead atoms. The van der Waals surface area contributed by atoms with E-state index in [1.54, 1.807) is 4.90 Å². The van der Waals surface area contributed by atoms with Gasteiger partial charge in [0, 0.05) is 36.7 Å². The van der Waals surface area contributed by atoms with E-state index in [9.17, 15) is 18.0 Å². The monoisotopic (exact) mass is 466 g/mol. The zero-order valence-corrected chi connectivity index (χ0v) is 19.8. The molecule has 6 nitrogen and oxygen atoms in total. The molecule has 0 N–H and O–H groups in total. The van der Waals surface area contributed by atoms with Crippen molar-refractivity contribution in [1.82, 2.24) is 19.5 Å². The van der Waals surface area contributed by atoms with E-state index in [0.29, 0.717) is 31.6 Å². The predicted octanol–water partition coefficient (Wildman–Crippen LogP) is 5.99. The van der Waals surface area contributed by atoms with E-state index in [1.807, 2.05) is 44.3 Å². The summed E-state index contributed by atoms with van der Waals surface area (Å²) < 4.78 is 46.6. The van der Waals surface area contributed by atoms with Gasteiger partial charge in [0.25, 0.3) is 0 Å². The molecule has 0 spiro atoms. The van der Waals surface area contributed by atoms with E-state index in [0.717, 1.165) is 29.9 Å². The number of carbonyl (C=O) groups is 1. The van der Waals surface area contributed by atoms with Crippen molar-refractivity contribution in [3.05, 3.63) is 29.2 Å². The summed E-state index contributed by atoms with van der Waals surface area (Å²) >= 11 is 0. The maximum atomic E-state index is 13.1. The van der Waals surface area contributed by atoms with Crippen molar-refractivity contribution < 1.29 is 22.7 Å². The molecular weight excluding hydrogens is 433 g/mol. The van der Waals surface area contributed by atoms with E-state index in [2.05, 4.69) is 4.98 Å². The number of alkyl halides is 3. The number of hydrogen-bond donors (Lipinski definition) is 0. The fraction of sp³-hybridized carbons (Fsp3) is 0.708. The average molecular weight is 467 g/mol. The number of fused-ring (bicyclic) bond motifs is 1. The fourth-order valence-corrected chi connectivity index (χ4v) is 5.06. The first-order chi connectivity index (χ1) is 15.4. The maximum Gasteiger partial charge on any atom is 0.410 e. The smallest absolute Gasteiger partial charge is 0.410 e. The summed E-state index contributed by atoms with van der Waals surface area (Å²) in [6.07, 6.45) is -1.38. The van der Waals surface area contributed by atoms with Crippen LogP contribution in [-0.2, 0) is 4.74 Å². The van der Waals surface area contributed by atoms with Crippen molar-refractivity contribution in [2.45, 2.75) is 89.8 Å². The van der Waals surface area contributed by atoms with Crippen molar-refractivity contribution in [3.63, 3.8) is 0 Å². The Morgan fingerprint density at radius 3 is 2.39 bits per heavy atom. The van der Waals surface area contributed by atoms with E-state index in [1.165, 1.54) is 0 Å². The topological polar surface area (TPSA) is 59.7 Å². The lowest BCUT2D eigenvalue weighted by molar-refractivity contribution is -0.182. The van der Waals surface area contributed by atoms with Crippen LogP contribution in [0.3, 0.4) is 0 Å². The summed E-state index contributed by atoms with van der Waals surface area (Å²) in [6.45, 7) is 8.70. The minimum absolute atomic E-state index is 0.0167. The molecule has 1 saturated carbocycles. The number of carbonyl (C=O) groups excluding carboxylic acids is 1. The molecule has 3 heterocycles. The molecule has 182 valence electrons. The third-order valence-electron chi connectivity index (χ3n) is 6.70. The number of rotatable bonds is 2. The van der Waals surface area contributed by atoms with Crippen LogP contribution >= 0.6 is 0 Å². The molecule has 1 saturated heterocycles. The van der Waals surface area contributed by atoms with E-state index in [4.69, 9.17) is 9.84 Å². The molecule has 4 rings (SSSR count). The highest BCUT2D eigenvalue weighted by atomic mass is 19.4. The van der Waals surface area contributed by atoms with Gasteiger partial charge in [-0.2, -0.15) is 18.3 Å². The summed E-state index contributed by atoms with van der Waals surface area (Å²) in [7, 11) is 0. The molecule has 0 radical (unpaired) electrons. The Balaban J connectivity index is 1.55. The van der Waals surface area contributed by atoms with Crippen molar-refractivity contribution in [2.75, 3.05) is 13.1 Å². The van der Waals surface area contributed by atoms with Crippen LogP contribution in [0.25, 0.3) is 5.65 Å². The number of aromatic nitrogens is 3. The molecule has 9 heteroatoms. The summed E-state index contributed by atoms with van der Waals surface area (Å²) in [6, 6.07) is 3.93. The van der Waals surface area contributed by atoms with Crippen LogP contribution in [0.2, 0.25) is 0 Å². The number of likely N-dealkylation sites (tertiary alicyclic amines) is 1. The lowest BCUT2D eigenvalue weighted by atomic mass is 9.80. The molecular formula is C24H33F3N4O2. The third kappa shape index (κ3) is 5.44. The number of hydrogen-bond acceptors (Lipinski definition) is 4. The van der Waals surface area contributed by atoms with E-state index >= 15 is 0 Å². The van der Waals surface area contributed by atoms with Gasteiger partial charge in [-0.3, -0.25) is 0 Å². The SMILES string of the molecule is Cc1cc([C@@H]2CCCN(C(=O)OC(C)(C)C)C2)n2nc([C@H]3CC[C@H](C(F)(F)F)CC3)cc2n1. The first-order valence-electron chi connectivity index (χ1n) is 11.8. The van der Waals surface area contributed by atoms with Crippen LogP contribution in [-0.4, -0.2) is 50.5 Å². The quantitative estimate of drug-likeness (QED) is 0.546. The Bertz CT molecular complexity index is 1000. The molecule has 1 aliphatic heterocycles. The molecule has 2 fully saturated rings. The summed E-state index contributed by atoms with van der Waals surface area (Å²) in [5.41, 5.74) is 2.83. The second kappa shape index (κ2) is 8.80. The Labute approximate surface area is 192 Å². The van der Waals surface area contributed by atoms with Gasteiger partial charge in [0.15, 0.2) is 5.65 Å². The number of piperidine rings is 1. The normalized spacial score (nSPS) is 24.8. The van der Waals surface area contributed by atoms with Gasteiger partial charge in [-0.15, -0.1) is 0 Å². The second-order valence-corrected chi connectivity index (χ2v) is 10.5. The molecule has 33 heavy (non-hydrogen) atoms. The molecule has 0 aromatic carbocycles. The highest BCUT2D eigenvalue weighted by Crippen LogP contribution is 2.43. The van der Waals surface area contributed by atoms with Crippen LogP contribution in [0.5, 0.6) is 0 Å². The zero-order chi connectivity index (χ0) is 24.0. The van der Waals surface area contributed by atoms with Crippen LogP contribution in [0.1, 0.15) is 88.2 Å². The number of amides is 1. The first kappa shape index (κ1) is 23.8. The van der Waals surface area contributed by atoms with Crippen LogP contribution in [0.15, 0.2) is 12.1 Å². The van der Waals surface area contributed by atoms with Gasteiger partial charge in [0.1, 0.15) is 5.60 Å². The number of ether oxygens (including phenoxy) is 1. The Hall–Kier alpha value is -2.32. The predicted molar refractivity (Wildman–Crippen MR) is 118 cm³/mol. The second-order valence-electron chi connectivity index (χ2n) is 10.5. The molecule has 0 unspecified atom stereocenters. The maximum absolute atomic E-state index is 13.1. The molecule has 1 aliphatic carbocycles. The van der Waals surface area contributed by atoms with Crippen LogP contribution in [0, 0.1) is 12.8 Å². The van der Waals surface area contributed by atoms with Gasteiger partial charge in [-0.1, -0.05) is 0 Å². The molecule has 2 aliphatic rings. The highest BCUT2D eigenvalue weighted by Gasteiger charge is 2.42. The van der Waals surface area contributed by atoms with Crippen molar-refractivity contribution in [3.8, 4) is 0 Å². The largest absolute Gasteiger partial charge is 0.444 e. The molecule has 1 amide bonds. The molecule has 2 aromatic heterocycles. The lowest BCUT2D eigenvalue weighted by Gasteiger charge is -2.34. The van der Waals surface area contributed by atoms with Gasteiger partial charge in [0.2, 0.25) is 0 Å². The minimum Gasteiger partial charge on any atom is -0.444 e. The van der Waals surface area contributed by atoms with Crippen molar-refractivity contribution >= 4 is 11.7 Å². The summed E-state index contributed by atoms with van der Waals surface area (Å²) in [4.78, 5) is 19.0. The van der Waals surface area contributed by atoms with Gasteiger partial charge < -0.3 is 9.64 Å². The standard InChI is InChI=1S/C24H33F3N4O2/c1-15-12-20(17-6-5-11-30(14-17)22(32)33-23(2,3)4)31-21(28-15)13-19(29-31)16-7-9-18(10-8-16)24(25,26)27/h12-13,16-18H,5-11,14H2,1-4H3/t16-,17-,18-/m1/s1. The Morgan fingerprint density at radius 2 is 1.76 bits per heavy atom. The van der Waals surface area contributed by atoms with Gasteiger partial charge >= 0.3 is 12.3 Å². The number of halogens is 3. The van der Waals surface area contributed by atoms with E-state index in [-0.39, 0.29) is 30.8 Å². The fourth-order valence-electron chi connectivity index (χ4n) is 5.06.